The number of nitrogens with one attached hydrogen (secondary N) is 1. The van der Waals surface area contributed by atoms with Gasteiger partial charge in [-0.15, -0.1) is 0 Å². The molecule has 4 heteroatoms. The van der Waals surface area contributed by atoms with Crippen molar-refractivity contribution in [2.45, 2.75) is 12.5 Å². The number of carbonyl (C=O) groups excluding carboxylic acids is 1. The van der Waals surface area contributed by atoms with Gasteiger partial charge in [0, 0.05) is 31.1 Å². The zero-order valence-electron chi connectivity index (χ0n) is 10.6. The Balaban J connectivity index is 1.70. The minimum absolute atomic E-state index is 0.112. The predicted molar refractivity (Wildman–Crippen MR) is 72.0 cm³/mol. The average Bonchev–Trinajstić information content (AvgIpc) is 3.12. The zero-order chi connectivity index (χ0) is 12.8. The highest BCUT2D eigenvalue weighted by Crippen LogP contribution is 2.30. The lowest BCUT2D eigenvalue weighted by Crippen LogP contribution is -2.38. The van der Waals surface area contributed by atoms with Gasteiger partial charge in [0.1, 0.15) is 11.8 Å². The molecule has 1 N–H and O–H groups in total. The third kappa shape index (κ3) is 1.60. The number of rotatable bonds is 1. The molecule has 2 fully saturated rings. The van der Waals surface area contributed by atoms with Gasteiger partial charge in [-0.25, -0.2) is 0 Å². The third-order valence-electron chi connectivity index (χ3n) is 4.42. The number of furan rings is 1. The van der Waals surface area contributed by atoms with Gasteiger partial charge in [0.05, 0.1) is 5.56 Å². The van der Waals surface area contributed by atoms with Crippen LogP contribution in [0.25, 0.3) is 11.0 Å². The first-order chi connectivity index (χ1) is 9.34. The van der Waals surface area contributed by atoms with Gasteiger partial charge in [0.2, 0.25) is 0 Å². The van der Waals surface area contributed by atoms with E-state index in [9.17, 15) is 4.79 Å². The van der Waals surface area contributed by atoms with E-state index in [-0.39, 0.29) is 5.91 Å². The predicted octanol–water partition coefficient (Wildman–Crippen LogP) is 1.87. The van der Waals surface area contributed by atoms with E-state index in [1.54, 1.807) is 6.26 Å². The lowest BCUT2D eigenvalue weighted by Gasteiger charge is -2.22. The van der Waals surface area contributed by atoms with Crippen LogP contribution in [-0.2, 0) is 0 Å². The largest absolute Gasteiger partial charge is 0.463 e. The van der Waals surface area contributed by atoms with E-state index in [2.05, 4.69) is 5.32 Å². The van der Waals surface area contributed by atoms with Crippen LogP contribution in [0.5, 0.6) is 0 Å². The summed E-state index contributed by atoms with van der Waals surface area (Å²) < 4.78 is 5.48. The molecule has 0 radical (unpaired) electrons. The fraction of sp³-hybridized carbons (Fsp3) is 0.400. The molecule has 0 bridgehead atoms. The van der Waals surface area contributed by atoms with Crippen LogP contribution in [0.3, 0.4) is 0 Å². The molecule has 0 unspecified atom stereocenters. The maximum absolute atomic E-state index is 12.7. The van der Waals surface area contributed by atoms with Gasteiger partial charge < -0.3 is 14.6 Å². The van der Waals surface area contributed by atoms with E-state index in [0.29, 0.717) is 17.5 Å². The van der Waals surface area contributed by atoms with Crippen LogP contribution in [0.1, 0.15) is 16.8 Å². The molecule has 2 saturated heterocycles. The number of nitrogens with zero attached hydrogens (tertiary/aromatic N) is 1. The molecule has 4 nitrogen and oxygen atoms in total. The Bertz CT molecular complexity index is 634. The highest BCUT2D eigenvalue weighted by Gasteiger charge is 2.40. The summed E-state index contributed by atoms with van der Waals surface area (Å²) in [7, 11) is 0. The second kappa shape index (κ2) is 4.10. The van der Waals surface area contributed by atoms with E-state index in [4.69, 9.17) is 4.42 Å². The molecule has 2 aliphatic rings. The normalized spacial score (nSPS) is 26.0. The summed E-state index contributed by atoms with van der Waals surface area (Å²) in [5, 5.41) is 4.29. The van der Waals surface area contributed by atoms with Crippen LogP contribution in [0, 0.1) is 5.92 Å². The van der Waals surface area contributed by atoms with Crippen molar-refractivity contribution in [2.75, 3.05) is 19.6 Å². The topological polar surface area (TPSA) is 45.5 Å². The lowest BCUT2D eigenvalue weighted by atomic mass is 10.0. The molecular formula is C15H16N2O2. The Kier molecular flexibility index (Phi) is 2.38. The van der Waals surface area contributed by atoms with Crippen molar-refractivity contribution in [3.05, 3.63) is 36.1 Å². The summed E-state index contributed by atoms with van der Waals surface area (Å²) in [5.41, 5.74) is 1.48. The molecule has 2 atom stereocenters. The van der Waals surface area contributed by atoms with E-state index in [1.807, 2.05) is 29.2 Å². The molecule has 2 aromatic rings. The second-order valence-corrected chi connectivity index (χ2v) is 5.42. The number of carbonyl (C=O) groups is 1. The first-order valence-electron chi connectivity index (χ1n) is 6.82. The average molecular weight is 256 g/mol. The minimum Gasteiger partial charge on any atom is -0.463 e. The number of likely N-dealkylation sites (tertiary alicyclic amines) is 1. The van der Waals surface area contributed by atoms with Gasteiger partial charge in [0.15, 0.2) is 0 Å². The van der Waals surface area contributed by atoms with Gasteiger partial charge >= 0.3 is 0 Å². The van der Waals surface area contributed by atoms with Crippen LogP contribution in [0.4, 0.5) is 0 Å². The molecule has 0 aliphatic carbocycles. The number of fused-ring (bicyclic) bond motifs is 2. The van der Waals surface area contributed by atoms with Crippen molar-refractivity contribution < 1.29 is 9.21 Å². The van der Waals surface area contributed by atoms with Gasteiger partial charge in [-0.05, 0) is 18.4 Å². The van der Waals surface area contributed by atoms with E-state index in [0.717, 1.165) is 37.0 Å². The molecular weight excluding hydrogens is 240 g/mol. The van der Waals surface area contributed by atoms with E-state index >= 15 is 0 Å². The lowest BCUT2D eigenvalue weighted by molar-refractivity contribution is 0.0738. The Labute approximate surface area is 111 Å². The molecule has 3 heterocycles. The standard InChI is InChI=1S/C15H16N2O2/c18-15(17-6-5-10-7-16-8-13(10)17)12-9-19-14-4-2-1-3-11(12)14/h1-4,9-10,13,16H,5-8H2/t10-,13+/m0/s1. The molecule has 1 aromatic carbocycles. The monoisotopic (exact) mass is 256 g/mol. The smallest absolute Gasteiger partial charge is 0.258 e. The van der Waals surface area contributed by atoms with Crippen molar-refractivity contribution >= 4 is 16.9 Å². The number of benzene rings is 1. The summed E-state index contributed by atoms with van der Waals surface area (Å²) >= 11 is 0. The number of amides is 1. The maximum Gasteiger partial charge on any atom is 0.258 e. The van der Waals surface area contributed by atoms with E-state index in [1.165, 1.54) is 0 Å². The molecule has 0 saturated carbocycles. The molecule has 2 aliphatic heterocycles. The van der Waals surface area contributed by atoms with Gasteiger partial charge in [-0.1, -0.05) is 18.2 Å². The third-order valence-corrected chi connectivity index (χ3v) is 4.42. The van der Waals surface area contributed by atoms with Crippen molar-refractivity contribution in [3.8, 4) is 0 Å². The first-order valence-corrected chi connectivity index (χ1v) is 6.82. The highest BCUT2D eigenvalue weighted by atomic mass is 16.3. The Hall–Kier alpha value is -1.81. The van der Waals surface area contributed by atoms with Crippen molar-refractivity contribution in [1.82, 2.24) is 10.2 Å². The second-order valence-electron chi connectivity index (χ2n) is 5.42. The SMILES string of the molecule is O=C(c1coc2ccccc12)N1CC[C@H]2CNC[C@H]21. The molecule has 1 aromatic heterocycles. The quantitative estimate of drug-likeness (QED) is 0.847. The first kappa shape index (κ1) is 11.1. The fourth-order valence-corrected chi connectivity index (χ4v) is 3.40. The molecule has 19 heavy (non-hydrogen) atoms. The Morgan fingerprint density at radius 3 is 3.16 bits per heavy atom. The minimum atomic E-state index is 0.112. The van der Waals surface area contributed by atoms with Gasteiger partial charge in [-0.2, -0.15) is 0 Å². The highest BCUT2D eigenvalue weighted by molar-refractivity contribution is 6.06. The van der Waals surface area contributed by atoms with Crippen molar-refractivity contribution in [3.63, 3.8) is 0 Å². The van der Waals surface area contributed by atoms with Gasteiger partial charge in [-0.3, -0.25) is 4.79 Å². The number of para-hydroxylation sites is 1. The van der Waals surface area contributed by atoms with Gasteiger partial charge in [0.25, 0.3) is 5.91 Å². The van der Waals surface area contributed by atoms with Crippen LogP contribution in [-0.4, -0.2) is 36.5 Å². The number of hydrogen-bond acceptors (Lipinski definition) is 3. The Morgan fingerprint density at radius 1 is 1.32 bits per heavy atom. The fourth-order valence-electron chi connectivity index (χ4n) is 3.40. The Morgan fingerprint density at radius 2 is 2.21 bits per heavy atom. The van der Waals surface area contributed by atoms with Crippen molar-refractivity contribution in [2.24, 2.45) is 5.92 Å². The molecule has 1 amide bonds. The van der Waals surface area contributed by atoms with Crippen LogP contribution in [0.15, 0.2) is 34.9 Å². The summed E-state index contributed by atoms with van der Waals surface area (Å²) in [5.74, 6) is 0.739. The van der Waals surface area contributed by atoms with E-state index < -0.39 is 0 Å². The van der Waals surface area contributed by atoms with Crippen LogP contribution >= 0.6 is 0 Å². The summed E-state index contributed by atoms with van der Waals surface area (Å²) in [6.45, 7) is 2.84. The zero-order valence-corrected chi connectivity index (χ0v) is 10.6. The molecule has 4 rings (SSSR count). The summed E-state index contributed by atoms with van der Waals surface area (Å²) in [4.78, 5) is 14.7. The van der Waals surface area contributed by atoms with Crippen LogP contribution in [0.2, 0.25) is 0 Å². The molecule has 0 spiro atoms. The summed E-state index contributed by atoms with van der Waals surface area (Å²) in [6.07, 6.45) is 2.71. The summed E-state index contributed by atoms with van der Waals surface area (Å²) in [6, 6.07) is 8.08. The maximum atomic E-state index is 12.7. The van der Waals surface area contributed by atoms with Crippen molar-refractivity contribution in [1.29, 1.82) is 0 Å². The molecule has 98 valence electrons. The number of hydrogen-bond donors (Lipinski definition) is 1. The van der Waals surface area contributed by atoms with Crippen LogP contribution < -0.4 is 5.32 Å².